The number of halogens is 1. The van der Waals surface area contributed by atoms with Crippen molar-refractivity contribution in [2.45, 2.75) is 13.1 Å². The minimum absolute atomic E-state index is 0.108. The standard InChI is InChI=1S/C21H18ClN3O4/c22-17-9-3-1-6-14(17)12-23-20(27)21(28)25-18-10-4-2-8-16(18)19(26)24-13-15-7-5-11-29-15/h1-11H,12-13H2,(H,23,27)(H,24,26)(H,25,28). The molecular weight excluding hydrogens is 394 g/mol. The van der Waals surface area contributed by atoms with Crippen LogP contribution in [-0.2, 0) is 22.7 Å². The van der Waals surface area contributed by atoms with Gasteiger partial charge in [0.15, 0.2) is 0 Å². The van der Waals surface area contributed by atoms with Crippen LogP contribution in [0.3, 0.4) is 0 Å². The molecule has 8 heteroatoms. The molecule has 0 unspecified atom stereocenters. The van der Waals surface area contributed by atoms with Crippen LogP contribution in [0.2, 0.25) is 5.02 Å². The number of carbonyl (C=O) groups excluding carboxylic acids is 3. The van der Waals surface area contributed by atoms with Gasteiger partial charge >= 0.3 is 11.8 Å². The predicted octanol–water partition coefficient (Wildman–Crippen LogP) is 3.12. The van der Waals surface area contributed by atoms with Gasteiger partial charge in [0.1, 0.15) is 5.76 Å². The van der Waals surface area contributed by atoms with Gasteiger partial charge in [-0.15, -0.1) is 0 Å². The molecule has 3 aromatic rings. The van der Waals surface area contributed by atoms with E-state index >= 15 is 0 Å². The molecular formula is C21H18ClN3O4. The Morgan fingerprint density at radius 2 is 1.59 bits per heavy atom. The Kier molecular flexibility index (Phi) is 6.65. The lowest BCUT2D eigenvalue weighted by Crippen LogP contribution is -2.35. The number of carbonyl (C=O) groups is 3. The van der Waals surface area contributed by atoms with Crippen LogP contribution >= 0.6 is 11.6 Å². The molecule has 0 spiro atoms. The molecule has 3 N–H and O–H groups in total. The number of amides is 3. The molecule has 0 radical (unpaired) electrons. The Bertz CT molecular complexity index is 1020. The number of rotatable bonds is 6. The average molecular weight is 412 g/mol. The predicted molar refractivity (Wildman–Crippen MR) is 108 cm³/mol. The normalized spacial score (nSPS) is 10.2. The fourth-order valence-electron chi connectivity index (χ4n) is 2.54. The average Bonchev–Trinajstić information content (AvgIpc) is 3.25. The topological polar surface area (TPSA) is 100 Å². The van der Waals surface area contributed by atoms with Crippen molar-refractivity contribution < 1.29 is 18.8 Å². The minimum Gasteiger partial charge on any atom is -0.467 e. The third kappa shape index (κ3) is 5.46. The van der Waals surface area contributed by atoms with Crippen molar-refractivity contribution in [2.75, 3.05) is 5.32 Å². The van der Waals surface area contributed by atoms with E-state index in [4.69, 9.17) is 16.0 Å². The minimum atomic E-state index is -0.886. The summed E-state index contributed by atoms with van der Waals surface area (Å²) in [7, 11) is 0. The molecule has 0 bridgehead atoms. The van der Waals surface area contributed by atoms with Crippen molar-refractivity contribution in [3.8, 4) is 0 Å². The van der Waals surface area contributed by atoms with E-state index in [9.17, 15) is 14.4 Å². The molecule has 0 saturated heterocycles. The van der Waals surface area contributed by atoms with Gasteiger partial charge in [-0.05, 0) is 35.9 Å². The summed E-state index contributed by atoms with van der Waals surface area (Å²) in [5, 5.41) is 8.16. The van der Waals surface area contributed by atoms with Crippen LogP contribution in [0.25, 0.3) is 0 Å². The van der Waals surface area contributed by atoms with E-state index < -0.39 is 17.7 Å². The van der Waals surface area contributed by atoms with Crippen LogP contribution in [0.5, 0.6) is 0 Å². The van der Waals surface area contributed by atoms with Crippen molar-refractivity contribution in [2.24, 2.45) is 0 Å². The van der Waals surface area contributed by atoms with E-state index in [1.54, 1.807) is 60.7 Å². The number of anilines is 1. The highest BCUT2D eigenvalue weighted by atomic mass is 35.5. The van der Waals surface area contributed by atoms with E-state index in [1.165, 1.54) is 6.26 Å². The maximum atomic E-state index is 12.4. The zero-order valence-electron chi connectivity index (χ0n) is 15.3. The molecule has 1 aromatic heterocycles. The smallest absolute Gasteiger partial charge is 0.313 e. The Balaban J connectivity index is 1.60. The third-order valence-corrected chi connectivity index (χ3v) is 4.40. The number of nitrogens with one attached hydrogen (secondary N) is 3. The lowest BCUT2D eigenvalue weighted by Gasteiger charge is -2.11. The van der Waals surface area contributed by atoms with Crippen LogP contribution in [-0.4, -0.2) is 17.7 Å². The molecule has 29 heavy (non-hydrogen) atoms. The van der Waals surface area contributed by atoms with Crippen LogP contribution in [0.1, 0.15) is 21.7 Å². The van der Waals surface area contributed by atoms with Crippen LogP contribution < -0.4 is 16.0 Å². The highest BCUT2D eigenvalue weighted by Gasteiger charge is 2.18. The van der Waals surface area contributed by atoms with Gasteiger partial charge in [-0.1, -0.05) is 41.9 Å². The van der Waals surface area contributed by atoms with Gasteiger partial charge in [0.2, 0.25) is 0 Å². The molecule has 0 aliphatic rings. The Morgan fingerprint density at radius 1 is 0.828 bits per heavy atom. The highest BCUT2D eigenvalue weighted by Crippen LogP contribution is 2.16. The van der Waals surface area contributed by atoms with Gasteiger partial charge in [0, 0.05) is 11.6 Å². The van der Waals surface area contributed by atoms with E-state index in [-0.39, 0.29) is 24.3 Å². The second kappa shape index (κ2) is 9.57. The second-order valence-corrected chi connectivity index (χ2v) is 6.44. The molecule has 7 nitrogen and oxygen atoms in total. The summed E-state index contributed by atoms with van der Waals surface area (Å²) in [6.45, 7) is 0.309. The fourth-order valence-corrected chi connectivity index (χ4v) is 2.75. The molecule has 2 aromatic carbocycles. The van der Waals surface area contributed by atoms with Gasteiger partial charge < -0.3 is 20.4 Å². The maximum absolute atomic E-state index is 12.4. The first-order valence-electron chi connectivity index (χ1n) is 8.77. The number of hydrogen-bond donors (Lipinski definition) is 3. The van der Waals surface area contributed by atoms with Crippen molar-refractivity contribution in [3.63, 3.8) is 0 Å². The first-order valence-corrected chi connectivity index (χ1v) is 9.14. The van der Waals surface area contributed by atoms with Gasteiger partial charge in [-0.3, -0.25) is 14.4 Å². The van der Waals surface area contributed by atoms with Crippen molar-refractivity contribution >= 4 is 35.0 Å². The summed E-state index contributed by atoms with van der Waals surface area (Å²) in [5.74, 6) is -1.54. The fraction of sp³-hybridized carbons (Fsp3) is 0.0952. The number of para-hydroxylation sites is 1. The SMILES string of the molecule is O=C(NCc1ccccc1Cl)C(=O)Nc1ccccc1C(=O)NCc1ccco1. The quantitative estimate of drug-likeness (QED) is 0.542. The molecule has 148 valence electrons. The largest absolute Gasteiger partial charge is 0.467 e. The summed E-state index contributed by atoms with van der Waals surface area (Å²) < 4.78 is 5.17. The zero-order valence-corrected chi connectivity index (χ0v) is 16.0. The Labute approximate surface area is 172 Å². The van der Waals surface area contributed by atoms with Crippen LogP contribution in [0.4, 0.5) is 5.69 Å². The lowest BCUT2D eigenvalue weighted by molar-refractivity contribution is -0.136. The zero-order chi connectivity index (χ0) is 20.6. The molecule has 0 saturated carbocycles. The van der Waals surface area contributed by atoms with Gasteiger partial charge in [-0.2, -0.15) is 0 Å². The monoisotopic (exact) mass is 411 g/mol. The van der Waals surface area contributed by atoms with Gasteiger partial charge in [0.05, 0.1) is 24.1 Å². The molecule has 0 atom stereocenters. The van der Waals surface area contributed by atoms with Gasteiger partial charge in [-0.25, -0.2) is 0 Å². The number of hydrogen-bond acceptors (Lipinski definition) is 4. The molecule has 3 amide bonds. The molecule has 0 fully saturated rings. The first kappa shape index (κ1) is 20.2. The summed E-state index contributed by atoms with van der Waals surface area (Å²) in [5.41, 5.74) is 1.14. The second-order valence-electron chi connectivity index (χ2n) is 6.04. The van der Waals surface area contributed by atoms with E-state index in [1.807, 2.05) is 0 Å². The van der Waals surface area contributed by atoms with E-state index in [0.717, 1.165) is 0 Å². The third-order valence-electron chi connectivity index (χ3n) is 4.03. The van der Waals surface area contributed by atoms with Gasteiger partial charge in [0.25, 0.3) is 5.91 Å². The summed E-state index contributed by atoms with van der Waals surface area (Å²) in [6, 6.07) is 16.9. The van der Waals surface area contributed by atoms with E-state index in [2.05, 4.69) is 16.0 Å². The summed E-state index contributed by atoms with van der Waals surface area (Å²) in [4.78, 5) is 36.8. The number of benzene rings is 2. The van der Waals surface area contributed by atoms with Crippen molar-refractivity contribution in [3.05, 3.63) is 88.8 Å². The molecule has 0 aliphatic heterocycles. The van der Waals surface area contributed by atoms with Crippen molar-refractivity contribution in [1.82, 2.24) is 10.6 Å². The maximum Gasteiger partial charge on any atom is 0.313 e. The van der Waals surface area contributed by atoms with Crippen LogP contribution in [0.15, 0.2) is 71.3 Å². The molecule has 1 heterocycles. The molecule has 3 rings (SSSR count). The summed E-state index contributed by atoms with van der Waals surface area (Å²) in [6.07, 6.45) is 1.51. The first-order chi connectivity index (χ1) is 14.0. The number of furan rings is 1. The van der Waals surface area contributed by atoms with Crippen molar-refractivity contribution in [1.29, 1.82) is 0 Å². The highest BCUT2D eigenvalue weighted by molar-refractivity contribution is 6.40. The molecule has 0 aliphatic carbocycles. The van der Waals surface area contributed by atoms with E-state index in [0.29, 0.717) is 16.3 Å². The van der Waals surface area contributed by atoms with Crippen LogP contribution in [0, 0.1) is 0 Å². The summed E-state index contributed by atoms with van der Waals surface area (Å²) >= 11 is 6.04. The lowest BCUT2D eigenvalue weighted by atomic mass is 10.1. The Hall–Kier alpha value is -3.58. The Morgan fingerprint density at radius 3 is 2.34 bits per heavy atom.